The lowest BCUT2D eigenvalue weighted by Crippen LogP contribution is -2.71. The van der Waals surface area contributed by atoms with Crippen LogP contribution < -0.4 is 15.8 Å². The molecule has 5 saturated heterocycles. The van der Waals surface area contributed by atoms with Crippen LogP contribution in [0.5, 0.6) is 11.5 Å². The van der Waals surface area contributed by atoms with Gasteiger partial charge in [-0.3, -0.25) is 28.4 Å². The number of fused-ring (bicyclic) bond motifs is 2. The number of cyclic esters (lactones) is 1. The number of likely N-dealkylation sites (N-methyl/N-ethyl adjacent to an activating group) is 1. The Morgan fingerprint density at radius 2 is 1.55 bits per heavy atom. The number of carbonyl (C=O) groups excluding carboxylic acids is 4. The van der Waals surface area contributed by atoms with E-state index >= 15 is 0 Å². The average molecular weight is 1480 g/mol. The van der Waals surface area contributed by atoms with Gasteiger partial charge in [0, 0.05) is 60.9 Å². The molecule has 2 amide bonds. The summed E-state index contributed by atoms with van der Waals surface area (Å²) in [5, 5.41) is 66.7. The molecule has 0 saturated carbocycles. The van der Waals surface area contributed by atoms with Crippen LogP contribution in [0.25, 0.3) is 11.0 Å². The number of carboxylic acid groups (broad SMARTS) is 1. The third-order valence-corrected chi connectivity index (χ3v) is 23.0. The SMILES string of the molecule is CC1(C)S[C@@H]2[C@H](NC(=O)[C@H](N)c3ccc(O)cc3)C(=O)N2[C@H]1C(=O)O.CC[C@H]1OC(=O)[C@H](C)[C@@H](O[C@H]2C[C@@](C)(OC)[C@@H](O)[C@H](C)O2)[C@H](C)[C@@H](O[C@@H]2O[C@H](C)C[C@H](N(C)C)[C@H]2O)[C@](C)(OC)C[C@@H](C)C(=O)[C@H](C)[C@@H](O)[C@]1(C)O.Cc1c(OCC(F)(F)F)ccnc1C[S@@](=O)c1nc2ccccc2[nH]1. The van der Waals surface area contributed by atoms with Crippen molar-refractivity contribution in [3.8, 4) is 11.5 Å². The highest BCUT2D eigenvalue weighted by molar-refractivity contribution is 8.01. The molecular weight excluding hydrogens is 1380 g/mol. The van der Waals surface area contributed by atoms with Crippen molar-refractivity contribution in [3.05, 3.63) is 77.6 Å². The van der Waals surface area contributed by atoms with Gasteiger partial charge >= 0.3 is 18.1 Å². The number of H-pyrrole nitrogens is 1. The van der Waals surface area contributed by atoms with Crippen molar-refractivity contribution in [1.82, 2.24) is 30.1 Å². The van der Waals surface area contributed by atoms with Crippen molar-refractivity contribution >= 4 is 63.1 Å². The number of para-hydroxylation sites is 2. The van der Waals surface area contributed by atoms with Gasteiger partial charge in [0.2, 0.25) is 11.8 Å². The summed E-state index contributed by atoms with van der Waals surface area (Å²) < 4.78 is 97.4. The summed E-state index contributed by atoms with van der Waals surface area (Å²) in [6.07, 6.45) is -11.8. The van der Waals surface area contributed by atoms with Gasteiger partial charge in [0.1, 0.15) is 64.7 Å². The Morgan fingerprint density at radius 1 is 0.912 bits per heavy atom. The summed E-state index contributed by atoms with van der Waals surface area (Å²) in [6, 6.07) is 11.5. The monoisotopic (exact) mass is 1480 g/mol. The second-order valence-electron chi connectivity index (χ2n) is 28.6. The number of aromatic amines is 1. The van der Waals surface area contributed by atoms with Crippen LogP contribution in [-0.4, -0.2) is 237 Å². The number of thioether (sulfide) groups is 1. The molecule has 4 aromatic rings. The molecule has 102 heavy (non-hydrogen) atoms. The molecule has 23 atom stereocenters. The number of aromatic hydroxyl groups is 1. The molecule has 5 aliphatic rings. The lowest BCUT2D eigenvalue weighted by atomic mass is 9.74. The van der Waals surface area contributed by atoms with Crippen LogP contribution in [0.15, 0.2) is 66.0 Å². The van der Waals surface area contributed by atoms with Gasteiger partial charge < -0.3 is 94.4 Å². The number of alkyl halides is 3. The van der Waals surface area contributed by atoms with Crippen molar-refractivity contribution in [2.75, 3.05) is 34.9 Å². The molecule has 7 heterocycles. The molecule has 0 radical (unpaired) electrons. The predicted octanol–water partition coefficient (Wildman–Crippen LogP) is 5.98. The number of amides is 2. The molecule has 5 aliphatic heterocycles. The first-order valence-corrected chi connectivity index (χ1v) is 36.1. The van der Waals surface area contributed by atoms with Gasteiger partial charge in [-0.15, -0.1) is 11.8 Å². The standard InChI is InChI=1S/C38H69NO13.C16H14F3N3O2S.C16H19N3O5S/c1-15-26-38(10,45)31(42)21(4)28(40)19(2)17-37(9,47-14)33(52-35-29(41)25(39(11)12)16-20(3)48-35)22(5)30(23(6)34(44)50-26)51-27-18-36(8,46-13)32(43)24(7)49-27;1-10-13(20-7-6-14(10)24-9-16(17,18)19)8-25(23)15-21-11-4-2-3-5-12(11)22-15;1-16(2)11(15(23)24)19-13(22)10(14(19)25-16)18-12(21)9(17)7-3-5-8(20)6-4-7/h19-27,29-33,35,41-43,45H,15-18H2,1-14H3;2-7H,8-9H2,1H3,(H,21,22);3-6,9-11,14,20H,17H2,1-2H3,(H,18,21)(H,23,24)/t19-,20-,21+,22+,23-,24+,25+,26-,27+,29-,30+,31-,32+,33-,35+,36-,37-,38-;25-;9-,10-,11+,14-/m111/s1. The topological polar surface area (TPSA) is 384 Å². The van der Waals surface area contributed by atoms with Crippen molar-refractivity contribution in [2.24, 2.45) is 29.4 Å². The first-order chi connectivity index (χ1) is 47.4. The molecule has 27 nitrogen and oxygen atoms in total. The molecular formula is C70H102F3N7O20S2. The maximum Gasteiger partial charge on any atom is 0.422 e. The first kappa shape index (κ1) is 83.3. The van der Waals surface area contributed by atoms with Crippen molar-refractivity contribution in [3.63, 3.8) is 0 Å². The lowest BCUT2D eigenvalue weighted by Gasteiger charge is -2.50. The van der Waals surface area contributed by atoms with E-state index in [2.05, 4.69) is 20.3 Å². The zero-order valence-corrected chi connectivity index (χ0v) is 62.3. The number of pyridine rings is 1. The fourth-order valence-corrected chi connectivity index (χ4v) is 16.8. The maximum atomic E-state index is 14.2. The second kappa shape index (κ2) is 33.6. The number of aliphatic hydroxyl groups is 4. The zero-order valence-electron chi connectivity index (χ0n) is 60.7. The number of halogens is 3. The van der Waals surface area contributed by atoms with E-state index in [0.717, 1.165) is 5.52 Å². The lowest BCUT2D eigenvalue weighted by molar-refractivity contribution is -0.319. The van der Waals surface area contributed by atoms with E-state index in [1.165, 1.54) is 74.3 Å². The number of nitrogens with one attached hydrogen (secondary N) is 2. The number of phenols is 1. The third-order valence-electron chi connectivity index (χ3n) is 20.3. The van der Waals surface area contributed by atoms with Crippen molar-refractivity contribution in [1.29, 1.82) is 0 Å². The Labute approximate surface area is 599 Å². The van der Waals surface area contributed by atoms with Gasteiger partial charge in [0.15, 0.2) is 24.3 Å². The fourth-order valence-electron chi connectivity index (χ4n) is 14.1. The van der Waals surface area contributed by atoms with Gasteiger partial charge in [0.25, 0.3) is 0 Å². The summed E-state index contributed by atoms with van der Waals surface area (Å²) in [5.41, 5.74) is 4.45. The van der Waals surface area contributed by atoms with Crippen molar-refractivity contribution in [2.45, 2.75) is 245 Å². The van der Waals surface area contributed by atoms with E-state index in [9.17, 15) is 72.0 Å². The minimum Gasteiger partial charge on any atom is -0.508 e. The Kier molecular flexibility index (Phi) is 27.5. The number of hydrogen-bond donors (Lipinski definition) is 9. The number of β-lactam (4-membered cyclic amide) rings is 1. The zero-order chi connectivity index (χ0) is 76.2. The number of nitrogens with two attached hydrogens (primary N) is 1. The Bertz CT molecular complexity index is 3540. The first-order valence-electron chi connectivity index (χ1n) is 33.9. The van der Waals surface area contributed by atoms with Crippen LogP contribution in [-0.2, 0) is 73.7 Å². The largest absolute Gasteiger partial charge is 0.508 e. The van der Waals surface area contributed by atoms with Gasteiger partial charge in [0.05, 0.1) is 80.9 Å². The molecule has 32 heteroatoms. The van der Waals surface area contributed by atoms with E-state index in [1.807, 2.05) is 51.0 Å². The molecule has 2 aromatic carbocycles. The summed E-state index contributed by atoms with van der Waals surface area (Å²) in [5.74, 6) is -6.31. The van der Waals surface area contributed by atoms with Gasteiger partial charge in [-0.2, -0.15) is 13.2 Å². The number of nitrogens with zero attached hydrogens (tertiary/aromatic N) is 4. The molecule has 0 aliphatic carbocycles. The fraction of sp³-hybridized carbons (Fsp3) is 0.671. The predicted molar refractivity (Wildman–Crippen MR) is 368 cm³/mol. The number of benzene rings is 2. The number of hydrogen-bond acceptors (Lipinski definition) is 24. The van der Waals surface area contributed by atoms with Crippen LogP contribution in [0.4, 0.5) is 13.2 Å². The number of carbonyl (C=O) groups is 5. The van der Waals surface area contributed by atoms with E-state index in [0.29, 0.717) is 33.9 Å². The number of aliphatic hydroxyl groups excluding tert-OH is 3. The van der Waals surface area contributed by atoms with E-state index in [-0.39, 0.29) is 54.4 Å². The number of methoxy groups -OCH3 is 2. The molecule has 0 bridgehead atoms. The molecule has 5 fully saturated rings. The maximum absolute atomic E-state index is 14.2. The van der Waals surface area contributed by atoms with Crippen LogP contribution in [0.3, 0.4) is 0 Å². The molecule has 0 spiro atoms. The van der Waals surface area contributed by atoms with E-state index in [4.69, 9.17) is 43.6 Å². The quantitative estimate of drug-likeness (QED) is 0.0433. The Morgan fingerprint density at radius 3 is 2.14 bits per heavy atom. The summed E-state index contributed by atoms with van der Waals surface area (Å²) >= 11 is 1.35. The molecule has 2 aromatic heterocycles. The normalized spacial score (nSPS) is 35.1. The van der Waals surface area contributed by atoms with E-state index < -0.39 is 171 Å². The molecule has 9 rings (SSSR count). The van der Waals surface area contributed by atoms with Gasteiger partial charge in [-0.1, -0.05) is 52.0 Å². The number of carboxylic acids is 1. The number of esters is 1. The summed E-state index contributed by atoms with van der Waals surface area (Å²) in [7, 11) is 5.25. The minimum atomic E-state index is -4.42. The Hall–Kier alpha value is -5.98. The number of phenolic OH excluding ortho intramolecular Hbond substituents is 1. The highest BCUT2D eigenvalue weighted by Gasteiger charge is 2.64. The van der Waals surface area contributed by atoms with E-state index in [1.54, 1.807) is 75.3 Å². The number of rotatable bonds is 17. The van der Waals surface area contributed by atoms with Gasteiger partial charge in [-0.25, -0.2) is 9.78 Å². The highest BCUT2D eigenvalue weighted by atomic mass is 32.2. The number of aliphatic carboxylic acids is 1. The molecule has 0 unspecified atom stereocenters. The Balaban J connectivity index is 0.000000240. The third kappa shape index (κ3) is 18.8. The minimum absolute atomic E-state index is 0.0227. The van der Waals surface area contributed by atoms with Crippen LogP contribution in [0, 0.1) is 30.6 Å². The highest BCUT2D eigenvalue weighted by Crippen LogP contribution is 2.51. The van der Waals surface area contributed by atoms with Crippen molar-refractivity contribution < 1.29 is 110 Å². The number of ketones is 1. The second-order valence-corrected chi connectivity index (χ2v) is 31.8. The molecule has 10 N–H and O–H groups in total. The smallest absolute Gasteiger partial charge is 0.422 e. The number of aromatic nitrogens is 3. The van der Waals surface area contributed by atoms with Crippen LogP contribution >= 0.6 is 11.8 Å². The summed E-state index contributed by atoms with van der Waals surface area (Å²) in [6.45, 7) is 20.8. The summed E-state index contributed by atoms with van der Waals surface area (Å²) in [4.78, 5) is 78.9. The number of Topliss-reactive ketones (excluding diaryl/α,β-unsaturated/α-hetero) is 1. The van der Waals surface area contributed by atoms with Crippen LogP contribution in [0.1, 0.15) is 132 Å². The van der Waals surface area contributed by atoms with Gasteiger partial charge in [-0.05, 0) is 132 Å². The average Bonchev–Trinajstić information content (AvgIpc) is 1.55. The number of ether oxygens (including phenoxy) is 8. The number of imidazole rings is 1. The molecule has 570 valence electrons. The van der Waals surface area contributed by atoms with Crippen LogP contribution in [0.2, 0.25) is 0 Å².